The molecule has 0 aliphatic carbocycles. The van der Waals surface area contributed by atoms with E-state index in [1.165, 1.54) is 0 Å². The molecule has 0 saturated heterocycles. The van der Waals surface area contributed by atoms with Gasteiger partial charge >= 0.3 is 16.2 Å². The molecule has 0 saturated carbocycles. The van der Waals surface area contributed by atoms with E-state index < -0.39 is 16.2 Å². The molecule has 0 aromatic heterocycles. The van der Waals surface area contributed by atoms with Gasteiger partial charge in [0.2, 0.25) is 5.17 Å². The minimum Gasteiger partial charge on any atom is -0.245 e. The van der Waals surface area contributed by atoms with E-state index in [1.54, 1.807) is 11.0 Å². The molecule has 0 bridgehead atoms. The average molecular weight is 210 g/mol. The lowest BCUT2D eigenvalue weighted by atomic mass is 10.9. The Kier molecular flexibility index (Phi) is 2.26. The van der Waals surface area contributed by atoms with Crippen LogP contribution in [0.1, 0.15) is 0 Å². The number of carbonyl (C=O) groups excluding carboxylic acids is 1. The number of thioether (sulfide) groups is 1. The highest BCUT2D eigenvalue weighted by Gasteiger charge is 2.27. The van der Waals surface area contributed by atoms with E-state index in [0.717, 1.165) is 11.8 Å². The van der Waals surface area contributed by atoms with E-state index in [9.17, 15) is 13.2 Å². The van der Waals surface area contributed by atoms with Crippen LogP contribution in [0.25, 0.3) is 0 Å². The maximum absolute atomic E-state index is 10.8. The first kappa shape index (κ1) is 9.29. The smallest absolute Gasteiger partial charge is 0.245 e. The largest absolute Gasteiger partial charge is 0.353 e. The summed E-state index contributed by atoms with van der Waals surface area (Å²) in [6, 6.07) is -0.908. The average Bonchev–Trinajstić information content (AvgIpc) is 1.96. The highest BCUT2D eigenvalue weighted by Crippen LogP contribution is 2.08. The van der Waals surface area contributed by atoms with Gasteiger partial charge in [-0.3, -0.25) is 0 Å². The zero-order chi connectivity index (χ0) is 9.35. The lowest BCUT2D eigenvalue weighted by molar-refractivity contribution is 0.227. The van der Waals surface area contributed by atoms with Crippen LogP contribution in [0.4, 0.5) is 4.79 Å². The maximum atomic E-state index is 10.8. The molecule has 1 aliphatic heterocycles. The molecule has 1 heterocycles. The quantitative estimate of drug-likeness (QED) is 0.388. The summed E-state index contributed by atoms with van der Waals surface area (Å²) in [4.78, 5) is 10.8. The van der Waals surface area contributed by atoms with Crippen molar-refractivity contribution in [2.75, 3.05) is 6.26 Å². The van der Waals surface area contributed by atoms with Crippen LogP contribution in [0.15, 0.2) is 4.40 Å². The monoisotopic (exact) mass is 210 g/mol. The van der Waals surface area contributed by atoms with Crippen molar-refractivity contribution in [1.82, 2.24) is 9.73 Å². The molecule has 7 nitrogen and oxygen atoms in total. The number of nitrogens with zero attached hydrogens (tertiary/aromatic N) is 2. The number of amidine groups is 1. The van der Waals surface area contributed by atoms with Gasteiger partial charge in [-0.1, -0.05) is 11.8 Å². The van der Waals surface area contributed by atoms with Crippen LogP contribution in [0.5, 0.6) is 0 Å². The Labute approximate surface area is 73.2 Å². The number of amides is 2. The van der Waals surface area contributed by atoms with Crippen LogP contribution in [0.2, 0.25) is 0 Å². The zero-order valence-corrected chi connectivity index (χ0v) is 7.65. The highest BCUT2D eigenvalue weighted by atomic mass is 32.2. The Bertz CT molecular complexity index is 333. The third-order valence-electron chi connectivity index (χ3n) is 1.02. The summed E-state index contributed by atoms with van der Waals surface area (Å²) in [6.45, 7) is 0. The summed E-state index contributed by atoms with van der Waals surface area (Å²) in [5, 5.41) is 0.574. The van der Waals surface area contributed by atoms with Gasteiger partial charge in [-0.25, -0.2) is 20.4 Å². The maximum Gasteiger partial charge on any atom is 0.353 e. The molecular formula is C3H6N4O3S2. The van der Waals surface area contributed by atoms with Crippen LogP contribution in [0.3, 0.4) is 0 Å². The number of hydrazine groups is 1. The molecule has 1 aliphatic rings. The standard InChI is InChI=1S/C3H6N4O3S2/c1-11-3-6-12(9,10)5-2(8)7(3)4/h4H2,1H3,(H,5,8). The van der Waals surface area contributed by atoms with Crippen molar-refractivity contribution in [3.63, 3.8) is 0 Å². The summed E-state index contributed by atoms with van der Waals surface area (Å²) in [6.07, 6.45) is 1.56. The molecular weight excluding hydrogens is 204 g/mol. The third-order valence-corrected chi connectivity index (χ3v) is 2.64. The van der Waals surface area contributed by atoms with Crippen molar-refractivity contribution >= 4 is 33.2 Å². The first-order valence-corrected chi connectivity index (χ1v) is 5.38. The van der Waals surface area contributed by atoms with Crippen LogP contribution < -0.4 is 10.6 Å². The highest BCUT2D eigenvalue weighted by molar-refractivity contribution is 8.13. The van der Waals surface area contributed by atoms with E-state index >= 15 is 0 Å². The van der Waals surface area contributed by atoms with Crippen LogP contribution in [-0.2, 0) is 10.2 Å². The fourth-order valence-electron chi connectivity index (χ4n) is 0.552. The molecule has 0 aromatic carbocycles. The SMILES string of the molecule is CSC1=NS(=O)(=O)NC(=O)N1N. The second-order valence-electron chi connectivity index (χ2n) is 1.83. The molecule has 0 unspecified atom stereocenters. The topological polar surface area (TPSA) is 105 Å². The summed E-state index contributed by atoms with van der Waals surface area (Å²) in [5.74, 6) is 5.16. The van der Waals surface area contributed by atoms with Crippen molar-refractivity contribution in [1.29, 1.82) is 0 Å². The van der Waals surface area contributed by atoms with E-state index in [1.807, 2.05) is 0 Å². The van der Waals surface area contributed by atoms with Crippen molar-refractivity contribution in [2.24, 2.45) is 10.2 Å². The minimum atomic E-state index is -3.88. The number of nitrogens with one attached hydrogen (secondary N) is 1. The summed E-state index contributed by atoms with van der Waals surface area (Å²) in [5.41, 5.74) is 0. The van der Waals surface area contributed by atoms with E-state index in [0.29, 0.717) is 5.01 Å². The minimum absolute atomic E-state index is 0.0567. The van der Waals surface area contributed by atoms with Crippen molar-refractivity contribution in [2.45, 2.75) is 0 Å². The van der Waals surface area contributed by atoms with Gasteiger partial charge in [0.1, 0.15) is 0 Å². The normalized spacial score (nSPS) is 21.7. The van der Waals surface area contributed by atoms with E-state index in [-0.39, 0.29) is 5.17 Å². The van der Waals surface area contributed by atoms with Gasteiger partial charge in [-0.2, -0.15) is 8.42 Å². The van der Waals surface area contributed by atoms with Gasteiger partial charge in [0, 0.05) is 0 Å². The van der Waals surface area contributed by atoms with Crippen molar-refractivity contribution < 1.29 is 13.2 Å². The first-order valence-electron chi connectivity index (χ1n) is 2.72. The van der Waals surface area contributed by atoms with Crippen molar-refractivity contribution in [3.05, 3.63) is 0 Å². The second-order valence-corrected chi connectivity index (χ2v) is 3.94. The lowest BCUT2D eigenvalue weighted by Crippen LogP contribution is -2.52. The second kappa shape index (κ2) is 2.92. The molecule has 0 fully saturated rings. The number of hydrogen-bond donors (Lipinski definition) is 2. The Morgan fingerprint density at radius 3 is 2.75 bits per heavy atom. The fraction of sp³-hybridized carbons (Fsp3) is 0.333. The van der Waals surface area contributed by atoms with Gasteiger partial charge in [-0.05, 0) is 6.26 Å². The molecule has 2 amide bonds. The first-order chi connectivity index (χ1) is 5.46. The number of urea groups is 1. The van der Waals surface area contributed by atoms with Gasteiger partial charge in [-0.15, -0.1) is 4.40 Å². The predicted octanol–water partition coefficient (Wildman–Crippen LogP) is -1.15. The van der Waals surface area contributed by atoms with Crippen molar-refractivity contribution in [3.8, 4) is 0 Å². The number of hydrogen-bond acceptors (Lipinski definition) is 5. The summed E-state index contributed by atoms with van der Waals surface area (Å²) >= 11 is 0.971. The molecule has 0 atom stereocenters. The lowest BCUT2D eigenvalue weighted by Gasteiger charge is -2.20. The predicted molar refractivity (Wildman–Crippen MR) is 44.4 cm³/mol. The number of rotatable bonds is 0. The molecule has 0 spiro atoms. The Morgan fingerprint density at radius 2 is 2.25 bits per heavy atom. The molecule has 1 rings (SSSR count). The van der Waals surface area contributed by atoms with Crippen LogP contribution in [0, 0.1) is 0 Å². The molecule has 0 aromatic rings. The number of carbonyl (C=O) groups is 1. The number of nitrogens with two attached hydrogens (primary N) is 1. The zero-order valence-electron chi connectivity index (χ0n) is 6.01. The molecule has 68 valence electrons. The molecule has 0 radical (unpaired) electrons. The third kappa shape index (κ3) is 1.68. The molecule has 9 heteroatoms. The molecule has 12 heavy (non-hydrogen) atoms. The van der Waals surface area contributed by atoms with Gasteiger partial charge < -0.3 is 0 Å². The Morgan fingerprint density at radius 1 is 1.67 bits per heavy atom. The van der Waals surface area contributed by atoms with E-state index in [2.05, 4.69) is 4.40 Å². The van der Waals surface area contributed by atoms with Crippen LogP contribution >= 0.6 is 11.8 Å². The van der Waals surface area contributed by atoms with Gasteiger partial charge in [0.15, 0.2) is 0 Å². The molecule has 3 N–H and O–H groups in total. The summed E-state index contributed by atoms with van der Waals surface area (Å²) in [7, 11) is -3.88. The van der Waals surface area contributed by atoms with Gasteiger partial charge in [0.25, 0.3) is 0 Å². The van der Waals surface area contributed by atoms with Crippen LogP contribution in [-0.4, -0.2) is 30.9 Å². The van der Waals surface area contributed by atoms with E-state index in [4.69, 9.17) is 5.84 Å². The fourth-order valence-corrected chi connectivity index (χ4v) is 2.08. The van der Waals surface area contributed by atoms with Gasteiger partial charge in [0.05, 0.1) is 0 Å². The summed E-state index contributed by atoms with van der Waals surface area (Å²) < 4.78 is 26.3. The Hall–Kier alpha value is -0.800. The Balaban J connectivity index is 3.13.